The second-order valence-electron chi connectivity index (χ2n) is 4.51. The van der Waals surface area contributed by atoms with E-state index in [2.05, 4.69) is 11.9 Å². The number of hydrogen-bond donors (Lipinski definition) is 1. The predicted octanol–water partition coefficient (Wildman–Crippen LogP) is 2.03. The summed E-state index contributed by atoms with van der Waals surface area (Å²) in [6, 6.07) is 7.59. The van der Waals surface area contributed by atoms with Crippen molar-refractivity contribution in [2.45, 2.75) is 26.3 Å². The zero-order valence-electron chi connectivity index (χ0n) is 11.2. The number of imidazole rings is 1. The molecular formula is C15H19N3O. The Labute approximate surface area is 113 Å². The zero-order valence-corrected chi connectivity index (χ0v) is 11.2. The number of aryl methyl sites for hydroxylation is 1. The summed E-state index contributed by atoms with van der Waals surface area (Å²) in [7, 11) is 0. The fourth-order valence-corrected chi connectivity index (χ4v) is 2.06. The molecule has 0 bridgehead atoms. The molecule has 0 amide bonds. The zero-order chi connectivity index (χ0) is 13.7. The summed E-state index contributed by atoms with van der Waals surface area (Å²) < 4.78 is 1.90. The molecule has 2 aromatic rings. The molecule has 100 valence electrons. The van der Waals surface area contributed by atoms with E-state index in [1.165, 1.54) is 0 Å². The molecule has 0 fully saturated rings. The molecule has 4 heteroatoms. The topological polar surface area (TPSA) is 60.9 Å². The number of carbonyl (C=O) groups excluding carboxylic acids is 1. The van der Waals surface area contributed by atoms with Crippen LogP contribution in [0.4, 0.5) is 0 Å². The van der Waals surface area contributed by atoms with Crippen molar-refractivity contribution in [1.29, 1.82) is 0 Å². The lowest BCUT2D eigenvalue weighted by Gasteiger charge is -2.06. The Morgan fingerprint density at radius 1 is 1.32 bits per heavy atom. The fourth-order valence-electron chi connectivity index (χ4n) is 2.06. The van der Waals surface area contributed by atoms with Gasteiger partial charge in [-0.3, -0.25) is 4.79 Å². The molecular weight excluding hydrogens is 238 g/mol. The molecule has 1 aromatic carbocycles. The molecule has 1 heterocycles. The highest BCUT2D eigenvalue weighted by atomic mass is 16.1. The summed E-state index contributed by atoms with van der Waals surface area (Å²) in [6.07, 6.45) is 5.33. The number of benzene rings is 1. The number of nitrogens with two attached hydrogens (primary N) is 1. The van der Waals surface area contributed by atoms with Crippen molar-refractivity contribution in [3.05, 3.63) is 53.6 Å². The highest BCUT2D eigenvalue weighted by Crippen LogP contribution is 2.11. The second kappa shape index (κ2) is 6.29. The molecule has 2 rings (SSSR count). The molecule has 2 N–H and O–H groups in total. The normalized spacial score (nSPS) is 10.6. The minimum atomic E-state index is -0.0299. The first-order valence-corrected chi connectivity index (χ1v) is 6.61. The second-order valence-corrected chi connectivity index (χ2v) is 4.51. The van der Waals surface area contributed by atoms with Crippen LogP contribution in [0.3, 0.4) is 0 Å². The summed E-state index contributed by atoms with van der Waals surface area (Å²) in [5.41, 5.74) is 7.33. The lowest BCUT2D eigenvalue weighted by atomic mass is 10.1. The number of carbonyl (C=O) groups is 1. The Bertz CT molecular complexity index is 543. The average Bonchev–Trinajstić information content (AvgIpc) is 2.88. The van der Waals surface area contributed by atoms with Crippen LogP contribution in [0.15, 0.2) is 36.7 Å². The summed E-state index contributed by atoms with van der Waals surface area (Å²) in [6.45, 7) is 3.51. The lowest BCUT2D eigenvalue weighted by molar-refractivity contribution is 0.102. The number of aromatic nitrogens is 2. The SMILES string of the molecule is CCCn1ccnc1C(=O)c1ccc(CCN)cc1. The van der Waals surface area contributed by atoms with E-state index < -0.39 is 0 Å². The van der Waals surface area contributed by atoms with Crippen LogP contribution in [0.2, 0.25) is 0 Å². The molecule has 0 saturated heterocycles. The van der Waals surface area contributed by atoms with Crippen molar-refractivity contribution in [1.82, 2.24) is 9.55 Å². The van der Waals surface area contributed by atoms with Crippen LogP contribution < -0.4 is 5.73 Å². The first kappa shape index (κ1) is 13.5. The number of nitrogens with zero attached hydrogens (tertiary/aromatic N) is 2. The van der Waals surface area contributed by atoms with Gasteiger partial charge < -0.3 is 10.3 Å². The molecule has 0 spiro atoms. The molecule has 0 radical (unpaired) electrons. The standard InChI is InChI=1S/C15H19N3O/c1-2-10-18-11-9-17-15(18)14(19)13-5-3-12(4-6-13)7-8-16/h3-6,9,11H,2,7-8,10,16H2,1H3. The van der Waals surface area contributed by atoms with Gasteiger partial charge in [0.1, 0.15) is 0 Å². The number of rotatable bonds is 6. The highest BCUT2D eigenvalue weighted by Gasteiger charge is 2.14. The first-order valence-electron chi connectivity index (χ1n) is 6.61. The van der Waals surface area contributed by atoms with E-state index in [0.29, 0.717) is 17.9 Å². The minimum absolute atomic E-state index is 0.0299. The Kier molecular flexibility index (Phi) is 4.47. The van der Waals surface area contributed by atoms with Crippen LogP contribution in [-0.4, -0.2) is 21.9 Å². The predicted molar refractivity (Wildman–Crippen MR) is 75.2 cm³/mol. The Balaban J connectivity index is 2.21. The maximum atomic E-state index is 12.4. The van der Waals surface area contributed by atoms with Crippen LogP contribution in [0, 0.1) is 0 Å². The molecule has 0 atom stereocenters. The molecule has 0 aliphatic heterocycles. The van der Waals surface area contributed by atoms with Crippen LogP contribution in [0.1, 0.15) is 35.1 Å². The van der Waals surface area contributed by atoms with Gasteiger partial charge in [-0.05, 0) is 24.9 Å². The van der Waals surface area contributed by atoms with Gasteiger partial charge >= 0.3 is 0 Å². The summed E-state index contributed by atoms with van der Waals surface area (Å²) in [5, 5.41) is 0. The van der Waals surface area contributed by atoms with Gasteiger partial charge in [-0.15, -0.1) is 0 Å². The summed E-state index contributed by atoms with van der Waals surface area (Å²) >= 11 is 0. The monoisotopic (exact) mass is 257 g/mol. The van der Waals surface area contributed by atoms with Crippen LogP contribution in [0.5, 0.6) is 0 Å². The van der Waals surface area contributed by atoms with Gasteiger partial charge in [0.2, 0.25) is 5.78 Å². The third-order valence-corrected chi connectivity index (χ3v) is 3.03. The maximum absolute atomic E-state index is 12.4. The van der Waals surface area contributed by atoms with Crippen LogP contribution in [-0.2, 0) is 13.0 Å². The number of ketones is 1. The highest BCUT2D eigenvalue weighted by molar-refractivity contribution is 6.06. The first-order chi connectivity index (χ1) is 9.26. The van der Waals surface area contributed by atoms with Crippen molar-refractivity contribution in [2.24, 2.45) is 5.73 Å². The van der Waals surface area contributed by atoms with E-state index in [0.717, 1.165) is 24.9 Å². The van der Waals surface area contributed by atoms with E-state index in [1.807, 2.05) is 35.0 Å². The van der Waals surface area contributed by atoms with Gasteiger partial charge in [0.15, 0.2) is 5.82 Å². The van der Waals surface area contributed by atoms with Gasteiger partial charge in [0, 0.05) is 24.5 Å². The van der Waals surface area contributed by atoms with E-state index >= 15 is 0 Å². The minimum Gasteiger partial charge on any atom is -0.330 e. The van der Waals surface area contributed by atoms with Crippen molar-refractivity contribution in [2.75, 3.05) is 6.54 Å². The quantitative estimate of drug-likeness (QED) is 0.805. The fraction of sp³-hybridized carbons (Fsp3) is 0.333. The Morgan fingerprint density at radius 2 is 2.05 bits per heavy atom. The van der Waals surface area contributed by atoms with Gasteiger partial charge in [-0.25, -0.2) is 4.98 Å². The van der Waals surface area contributed by atoms with E-state index in [-0.39, 0.29) is 5.78 Å². The van der Waals surface area contributed by atoms with Crippen molar-refractivity contribution in [3.63, 3.8) is 0 Å². The third kappa shape index (κ3) is 3.09. The summed E-state index contributed by atoms with van der Waals surface area (Å²) in [4.78, 5) is 16.5. The Morgan fingerprint density at radius 3 is 2.68 bits per heavy atom. The molecule has 0 unspecified atom stereocenters. The van der Waals surface area contributed by atoms with Gasteiger partial charge in [0.25, 0.3) is 0 Å². The average molecular weight is 257 g/mol. The smallest absolute Gasteiger partial charge is 0.228 e. The van der Waals surface area contributed by atoms with Crippen LogP contribution >= 0.6 is 0 Å². The molecule has 1 aromatic heterocycles. The van der Waals surface area contributed by atoms with Crippen LogP contribution in [0.25, 0.3) is 0 Å². The molecule has 0 aliphatic rings. The Hall–Kier alpha value is -1.94. The van der Waals surface area contributed by atoms with Crippen molar-refractivity contribution >= 4 is 5.78 Å². The maximum Gasteiger partial charge on any atom is 0.228 e. The molecule has 0 saturated carbocycles. The number of hydrogen-bond acceptors (Lipinski definition) is 3. The summed E-state index contributed by atoms with van der Waals surface area (Å²) in [5.74, 6) is 0.478. The molecule has 0 aliphatic carbocycles. The van der Waals surface area contributed by atoms with E-state index in [9.17, 15) is 4.79 Å². The third-order valence-electron chi connectivity index (χ3n) is 3.03. The molecule has 19 heavy (non-hydrogen) atoms. The van der Waals surface area contributed by atoms with E-state index in [4.69, 9.17) is 5.73 Å². The molecule has 4 nitrogen and oxygen atoms in total. The van der Waals surface area contributed by atoms with Crippen molar-refractivity contribution < 1.29 is 4.79 Å². The van der Waals surface area contributed by atoms with Gasteiger partial charge in [-0.2, -0.15) is 0 Å². The van der Waals surface area contributed by atoms with Gasteiger partial charge in [-0.1, -0.05) is 31.2 Å². The van der Waals surface area contributed by atoms with Gasteiger partial charge in [0.05, 0.1) is 0 Å². The van der Waals surface area contributed by atoms with Crippen molar-refractivity contribution in [3.8, 4) is 0 Å². The van der Waals surface area contributed by atoms with E-state index in [1.54, 1.807) is 6.20 Å². The largest absolute Gasteiger partial charge is 0.330 e. The lowest BCUT2D eigenvalue weighted by Crippen LogP contribution is -2.11.